The van der Waals surface area contributed by atoms with Gasteiger partial charge in [-0.25, -0.2) is 0 Å². The molecule has 0 saturated carbocycles. The zero-order chi connectivity index (χ0) is 12.1. The average molecular weight is 229 g/mol. The molecule has 0 fully saturated rings. The Morgan fingerprint density at radius 3 is 2.94 bits per heavy atom. The lowest BCUT2D eigenvalue weighted by atomic mass is 10.1. The van der Waals surface area contributed by atoms with Crippen LogP contribution in [-0.2, 0) is 9.53 Å². The molecule has 2 rings (SSSR count). The van der Waals surface area contributed by atoms with Crippen LogP contribution in [0.1, 0.15) is 12.5 Å². The minimum Gasteiger partial charge on any atom is -0.465 e. The first-order valence-corrected chi connectivity index (χ1v) is 5.67. The fourth-order valence-corrected chi connectivity index (χ4v) is 1.77. The first kappa shape index (κ1) is 11.5. The topological polar surface area (TPSA) is 29.5 Å². The van der Waals surface area contributed by atoms with Gasteiger partial charge >= 0.3 is 5.97 Å². The van der Waals surface area contributed by atoms with Crippen molar-refractivity contribution in [3.8, 4) is 0 Å². The zero-order valence-electron chi connectivity index (χ0n) is 9.80. The van der Waals surface area contributed by atoms with Crippen LogP contribution in [0.15, 0.2) is 42.6 Å². The number of fused-ring (bicyclic) bond motifs is 1. The molecule has 1 heterocycles. The third-order valence-electron chi connectivity index (χ3n) is 2.50. The lowest BCUT2D eigenvalue weighted by Crippen LogP contribution is -2.26. The van der Waals surface area contributed by atoms with Crippen molar-refractivity contribution in [2.24, 2.45) is 0 Å². The summed E-state index contributed by atoms with van der Waals surface area (Å²) in [6.07, 6.45) is 7.79. The van der Waals surface area contributed by atoms with E-state index in [0.717, 1.165) is 11.3 Å². The first-order chi connectivity index (χ1) is 8.31. The monoisotopic (exact) mass is 229 g/mol. The average Bonchev–Trinajstić information content (AvgIpc) is 2.53. The van der Waals surface area contributed by atoms with Crippen molar-refractivity contribution in [2.75, 3.05) is 18.1 Å². The summed E-state index contributed by atoms with van der Waals surface area (Å²) >= 11 is 0. The van der Waals surface area contributed by atoms with Crippen molar-refractivity contribution < 1.29 is 9.53 Å². The normalized spacial score (nSPS) is 13.1. The fourth-order valence-electron chi connectivity index (χ4n) is 1.77. The number of rotatable bonds is 3. The van der Waals surface area contributed by atoms with Gasteiger partial charge in [0.15, 0.2) is 0 Å². The third kappa shape index (κ3) is 2.75. The zero-order valence-corrected chi connectivity index (χ0v) is 9.80. The largest absolute Gasteiger partial charge is 0.465 e. The van der Waals surface area contributed by atoms with Crippen LogP contribution in [0.25, 0.3) is 6.08 Å². The Balaban J connectivity index is 2.22. The molecule has 1 aliphatic rings. The third-order valence-corrected chi connectivity index (χ3v) is 2.50. The Hall–Kier alpha value is -2.03. The summed E-state index contributed by atoms with van der Waals surface area (Å²) in [6.45, 7) is 2.46. The van der Waals surface area contributed by atoms with Gasteiger partial charge in [-0.1, -0.05) is 30.4 Å². The van der Waals surface area contributed by atoms with Gasteiger partial charge in [0.05, 0.1) is 6.61 Å². The second-order valence-electron chi connectivity index (χ2n) is 3.69. The minimum absolute atomic E-state index is 0.214. The molecule has 3 heteroatoms. The molecule has 0 amide bonds. The summed E-state index contributed by atoms with van der Waals surface area (Å²) in [6, 6.07) is 7.96. The van der Waals surface area contributed by atoms with Gasteiger partial charge in [-0.15, -0.1) is 0 Å². The molecule has 0 unspecified atom stereocenters. The van der Waals surface area contributed by atoms with Crippen molar-refractivity contribution in [1.29, 1.82) is 0 Å². The van der Waals surface area contributed by atoms with Gasteiger partial charge in [-0.2, -0.15) is 0 Å². The molecule has 0 spiro atoms. The Morgan fingerprint density at radius 2 is 2.12 bits per heavy atom. The number of allylic oxidation sites excluding steroid dienone is 2. The molecule has 0 aromatic heterocycles. The van der Waals surface area contributed by atoms with Gasteiger partial charge in [-0.05, 0) is 24.6 Å². The van der Waals surface area contributed by atoms with E-state index in [4.69, 9.17) is 4.74 Å². The number of anilines is 1. The van der Waals surface area contributed by atoms with E-state index in [2.05, 4.69) is 0 Å². The van der Waals surface area contributed by atoms with E-state index in [1.54, 1.807) is 0 Å². The number of hydrogen-bond donors (Lipinski definition) is 0. The summed E-state index contributed by atoms with van der Waals surface area (Å²) < 4.78 is 4.97. The number of hydrogen-bond acceptors (Lipinski definition) is 3. The number of carbonyl (C=O) groups excluding carboxylic acids is 1. The number of nitrogens with zero attached hydrogens (tertiary/aromatic N) is 1. The predicted molar refractivity (Wildman–Crippen MR) is 68.6 cm³/mol. The second kappa shape index (κ2) is 5.34. The highest BCUT2D eigenvalue weighted by Crippen LogP contribution is 2.24. The van der Waals surface area contributed by atoms with Crippen LogP contribution in [-0.4, -0.2) is 19.1 Å². The van der Waals surface area contributed by atoms with E-state index >= 15 is 0 Å². The van der Waals surface area contributed by atoms with Crippen LogP contribution in [0.4, 0.5) is 5.69 Å². The molecule has 0 atom stereocenters. The molecule has 17 heavy (non-hydrogen) atoms. The lowest BCUT2D eigenvalue weighted by Gasteiger charge is -2.20. The molecule has 0 saturated heterocycles. The Bertz CT molecular complexity index is 463. The molecular formula is C14H15NO2. The molecule has 1 aliphatic heterocycles. The Kier molecular flexibility index (Phi) is 3.60. The first-order valence-electron chi connectivity index (χ1n) is 5.67. The van der Waals surface area contributed by atoms with Crippen molar-refractivity contribution in [3.05, 3.63) is 48.2 Å². The molecule has 0 N–H and O–H groups in total. The molecule has 0 radical (unpaired) electrons. The van der Waals surface area contributed by atoms with Crippen LogP contribution in [0.5, 0.6) is 0 Å². The molecule has 0 bridgehead atoms. The highest BCUT2D eigenvalue weighted by atomic mass is 16.5. The van der Waals surface area contributed by atoms with E-state index in [9.17, 15) is 4.79 Å². The van der Waals surface area contributed by atoms with Gasteiger partial charge in [0.1, 0.15) is 6.54 Å². The van der Waals surface area contributed by atoms with Gasteiger partial charge in [0.25, 0.3) is 0 Å². The van der Waals surface area contributed by atoms with E-state index < -0.39 is 0 Å². The van der Waals surface area contributed by atoms with Crippen molar-refractivity contribution >= 4 is 17.7 Å². The number of carbonyl (C=O) groups is 1. The molecule has 88 valence electrons. The number of ether oxygens (including phenoxy) is 1. The highest BCUT2D eigenvalue weighted by molar-refractivity contribution is 5.80. The van der Waals surface area contributed by atoms with Crippen molar-refractivity contribution in [1.82, 2.24) is 0 Å². The molecular weight excluding hydrogens is 214 g/mol. The van der Waals surface area contributed by atoms with Crippen LogP contribution in [0, 0.1) is 0 Å². The summed E-state index contributed by atoms with van der Waals surface area (Å²) in [4.78, 5) is 13.4. The van der Waals surface area contributed by atoms with E-state index in [0.29, 0.717) is 6.61 Å². The number of para-hydroxylation sites is 1. The Labute approximate surface area is 101 Å². The maximum Gasteiger partial charge on any atom is 0.325 e. The summed E-state index contributed by atoms with van der Waals surface area (Å²) in [5, 5.41) is 0. The quantitative estimate of drug-likeness (QED) is 0.746. The van der Waals surface area contributed by atoms with Crippen LogP contribution in [0.2, 0.25) is 0 Å². The summed E-state index contributed by atoms with van der Waals surface area (Å²) in [5.41, 5.74) is 2.12. The Morgan fingerprint density at radius 1 is 1.29 bits per heavy atom. The van der Waals surface area contributed by atoms with Crippen LogP contribution in [0.3, 0.4) is 0 Å². The van der Waals surface area contributed by atoms with E-state index in [1.807, 2.05) is 60.5 Å². The van der Waals surface area contributed by atoms with Gasteiger partial charge in [-0.3, -0.25) is 4.79 Å². The summed E-state index contributed by atoms with van der Waals surface area (Å²) in [7, 11) is 0. The molecule has 1 aromatic carbocycles. The number of esters is 1. The molecule has 0 aliphatic carbocycles. The molecule has 3 nitrogen and oxygen atoms in total. The number of benzene rings is 1. The lowest BCUT2D eigenvalue weighted by molar-refractivity contribution is -0.141. The predicted octanol–water partition coefficient (Wildman–Crippen LogP) is 2.60. The highest BCUT2D eigenvalue weighted by Gasteiger charge is 2.13. The van der Waals surface area contributed by atoms with Crippen molar-refractivity contribution in [3.63, 3.8) is 0 Å². The SMILES string of the molecule is CCOC(=O)CN1C=CC=Cc2ccccc21. The maximum absolute atomic E-state index is 11.5. The smallest absolute Gasteiger partial charge is 0.325 e. The summed E-state index contributed by atoms with van der Waals surface area (Å²) in [5.74, 6) is -0.214. The second-order valence-corrected chi connectivity index (χ2v) is 3.69. The van der Waals surface area contributed by atoms with Crippen molar-refractivity contribution in [2.45, 2.75) is 6.92 Å². The standard InChI is InChI=1S/C14H15NO2/c1-2-17-14(16)11-15-10-6-5-8-12-7-3-4-9-13(12)15/h3-10H,2,11H2,1H3. The van der Waals surface area contributed by atoms with Crippen LogP contribution < -0.4 is 4.90 Å². The van der Waals surface area contributed by atoms with E-state index in [-0.39, 0.29) is 12.5 Å². The van der Waals surface area contributed by atoms with Gasteiger partial charge in [0.2, 0.25) is 0 Å². The minimum atomic E-state index is -0.214. The molecule has 1 aromatic rings. The van der Waals surface area contributed by atoms with Gasteiger partial charge in [0, 0.05) is 11.9 Å². The maximum atomic E-state index is 11.5. The van der Waals surface area contributed by atoms with E-state index in [1.165, 1.54) is 0 Å². The van der Waals surface area contributed by atoms with Gasteiger partial charge < -0.3 is 9.64 Å². The van der Waals surface area contributed by atoms with Crippen LogP contribution >= 0.6 is 0 Å². The fraction of sp³-hybridized carbons (Fsp3) is 0.214.